The zero-order chi connectivity index (χ0) is 9.19. The molecule has 0 amide bonds. The lowest BCUT2D eigenvalue weighted by molar-refractivity contribution is -0.149. The average Bonchev–Trinajstić information content (AvgIpc) is 2.33. The minimum Gasteiger partial charge on any atom is -0.465 e. The van der Waals surface area contributed by atoms with E-state index < -0.39 is 11.6 Å². The van der Waals surface area contributed by atoms with Crippen LogP contribution in [-0.2, 0) is 9.53 Å². The number of ether oxygens (including phenoxy) is 1. The summed E-state index contributed by atoms with van der Waals surface area (Å²) in [5, 5.41) is 9.19. The van der Waals surface area contributed by atoms with E-state index in [0.717, 1.165) is 0 Å². The minimum absolute atomic E-state index is 0.325. The molecule has 2 unspecified atom stereocenters. The minimum atomic E-state index is -0.935. The summed E-state index contributed by atoms with van der Waals surface area (Å²) < 4.78 is 4.80. The fraction of sp³-hybridized carbons (Fsp3) is 0.875. The van der Waals surface area contributed by atoms with Crippen LogP contribution in [0.5, 0.6) is 0 Å². The number of aliphatic hydroxyl groups excluding tert-OH is 1. The van der Waals surface area contributed by atoms with E-state index in [9.17, 15) is 9.90 Å². The monoisotopic (exact) mass is 173 g/mol. The van der Waals surface area contributed by atoms with Crippen LogP contribution in [0, 0.1) is 0 Å². The van der Waals surface area contributed by atoms with Crippen molar-refractivity contribution in [2.75, 3.05) is 6.61 Å². The van der Waals surface area contributed by atoms with E-state index in [1.807, 2.05) is 0 Å². The molecule has 2 atom stereocenters. The Morgan fingerprint density at radius 3 is 2.92 bits per heavy atom. The van der Waals surface area contributed by atoms with Gasteiger partial charge in [-0.1, -0.05) is 0 Å². The van der Waals surface area contributed by atoms with Crippen molar-refractivity contribution in [3.05, 3.63) is 0 Å². The summed E-state index contributed by atoms with van der Waals surface area (Å²) in [6, 6.07) is 0. The van der Waals surface area contributed by atoms with Crippen LogP contribution in [0.1, 0.15) is 26.2 Å². The van der Waals surface area contributed by atoms with Crippen molar-refractivity contribution < 1.29 is 14.6 Å². The highest BCUT2D eigenvalue weighted by Crippen LogP contribution is 2.28. The smallest absolute Gasteiger partial charge is 0.326 e. The van der Waals surface area contributed by atoms with Crippen molar-refractivity contribution in [3.8, 4) is 0 Å². The van der Waals surface area contributed by atoms with Gasteiger partial charge in [-0.05, 0) is 19.8 Å². The van der Waals surface area contributed by atoms with Crippen LogP contribution in [0.15, 0.2) is 0 Å². The number of carbonyl (C=O) groups excluding carboxylic acids is 1. The normalized spacial score (nSPS) is 35.1. The van der Waals surface area contributed by atoms with Crippen LogP contribution >= 0.6 is 0 Å². The highest BCUT2D eigenvalue weighted by molar-refractivity contribution is 5.81. The maximum Gasteiger partial charge on any atom is 0.326 e. The molecule has 0 radical (unpaired) electrons. The Balaban J connectivity index is 2.54. The van der Waals surface area contributed by atoms with Crippen LogP contribution in [0.3, 0.4) is 0 Å². The van der Waals surface area contributed by atoms with Crippen LogP contribution in [0.2, 0.25) is 0 Å². The van der Waals surface area contributed by atoms with Gasteiger partial charge in [0.2, 0.25) is 0 Å². The standard InChI is InChI=1S/C8H15NO3/c1-2-12-7(11)8(9)4-3-6(10)5-8/h6,10H,2-5,9H2,1H3. The number of esters is 1. The first-order valence-electron chi connectivity index (χ1n) is 4.22. The molecule has 1 rings (SSSR count). The quantitative estimate of drug-likeness (QED) is 0.567. The average molecular weight is 173 g/mol. The Morgan fingerprint density at radius 1 is 1.83 bits per heavy atom. The maximum atomic E-state index is 11.3. The van der Waals surface area contributed by atoms with Gasteiger partial charge in [0.25, 0.3) is 0 Å². The number of hydrogen-bond donors (Lipinski definition) is 2. The summed E-state index contributed by atoms with van der Waals surface area (Å²) in [5.41, 5.74) is 4.81. The van der Waals surface area contributed by atoms with Gasteiger partial charge in [0.15, 0.2) is 0 Å². The molecule has 4 heteroatoms. The second kappa shape index (κ2) is 3.41. The molecule has 3 N–H and O–H groups in total. The van der Waals surface area contributed by atoms with E-state index in [2.05, 4.69) is 0 Å². The zero-order valence-electron chi connectivity index (χ0n) is 7.25. The molecule has 0 spiro atoms. The third-order valence-electron chi connectivity index (χ3n) is 2.21. The van der Waals surface area contributed by atoms with Crippen LogP contribution in [0.4, 0.5) is 0 Å². The second-order valence-corrected chi connectivity index (χ2v) is 3.27. The van der Waals surface area contributed by atoms with E-state index in [-0.39, 0.29) is 5.97 Å². The highest BCUT2D eigenvalue weighted by atomic mass is 16.5. The number of aliphatic hydroxyl groups is 1. The summed E-state index contributed by atoms with van der Waals surface area (Å²) >= 11 is 0. The Morgan fingerprint density at radius 2 is 2.50 bits per heavy atom. The first-order valence-corrected chi connectivity index (χ1v) is 4.22. The van der Waals surface area contributed by atoms with Gasteiger partial charge in [0.05, 0.1) is 12.7 Å². The predicted octanol–water partition coefficient (Wildman–Crippen LogP) is -0.208. The van der Waals surface area contributed by atoms with Crippen molar-refractivity contribution >= 4 is 5.97 Å². The molecule has 1 fully saturated rings. The van der Waals surface area contributed by atoms with Crippen LogP contribution in [0.25, 0.3) is 0 Å². The lowest BCUT2D eigenvalue weighted by Crippen LogP contribution is -2.47. The molecule has 1 aliphatic carbocycles. The van der Waals surface area contributed by atoms with Crippen molar-refractivity contribution in [2.24, 2.45) is 5.73 Å². The fourth-order valence-electron chi connectivity index (χ4n) is 1.51. The van der Waals surface area contributed by atoms with Gasteiger partial charge < -0.3 is 15.6 Å². The fourth-order valence-corrected chi connectivity index (χ4v) is 1.51. The molecule has 0 aromatic carbocycles. The molecule has 0 aliphatic heterocycles. The predicted molar refractivity (Wildman–Crippen MR) is 43.4 cm³/mol. The molecular weight excluding hydrogens is 158 g/mol. The Hall–Kier alpha value is -0.610. The van der Waals surface area contributed by atoms with E-state index in [1.54, 1.807) is 6.92 Å². The van der Waals surface area contributed by atoms with Gasteiger partial charge in [0, 0.05) is 6.42 Å². The molecule has 4 nitrogen and oxygen atoms in total. The van der Waals surface area contributed by atoms with Crippen molar-refractivity contribution in [1.82, 2.24) is 0 Å². The van der Waals surface area contributed by atoms with Gasteiger partial charge in [-0.25, -0.2) is 0 Å². The van der Waals surface area contributed by atoms with Gasteiger partial charge >= 0.3 is 5.97 Å². The molecule has 0 heterocycles. The molecule has 70 valence electrons. The molecule has 0 aromatic rings. The summed E-state index contributed by atoms with van der Waals surface area (Å²) in [5.74, 6) is -0.387. The molecule has 12 heavy (non-hydrogen) atoms. The summed E-state index contributed by atoms with van der Waals surface area (Å²) in [6.45, 7) is 2.08. The van der Waals surface area contributed by atoms with Crippen molar-refractivity contribution in [1.29, 1.82) is 0 Å². The summed E-state index contributed by atoms with van der Waals surface area (Å²) in [6.07, 6.45) is 0.994. The third-order valence-corrected chi connectivity index (χ3v) is 2.21. The second-order valence-electron chi connectivity index (χ2n) is 3.27. The van der Waals surface area contributed by atoms with E-state index in [1.165, 1.54) is 0 Å². The lowest BCUT2D eigenvalue weighted by Gasteiger charge is -2.20. The largest absolute Gasteiger partial charge is 0.465 e. The third kappa shape index (κ3) is 1.76. The van der Waals surface area contributed by atoms with Crippen LogP contribution in [-0.4, -0.2) is 29.3 Å². The van der Waals surface area contributed by atoms with E-state index in [4.69, 9.17) is 10.5 Å². The molecular formula is C8H15NO3. The molecule has 0 aromatic heterocycles. The Bertz CT molecular complexity index is 183. The maximum absolute atomic E-state index is 11.3. The van der Waals surface area contributed by atoms with Gasteiger partial charge in [-0.2, -0.15) is 0 Å². The van der Waals surface area contributed by atoms with Gasteiger partial charge in [0.1, 0.15) is 5.54 Å². The SMILES string of the molecule is CCOC(=O)C1(N)CCC(O)C1. The van der Waals surface area contributed by atoms with Gasteiger partial charge in [-0.15, -0.1) is 0 Å². The first-order chi connectivity index (χ1) is 5.58. The van der Waals surface area contributed by atoms with Crippen molar-refractivity contribution in [3.63, 3.8) is 0 Å². The molecule has 1 saturated carbocycles. The number of rotatable bonds is 2. The number of carbonyl (C=O) groups is 1. The summed E-state index contributed by atoms with van der Waals surface area (Å²) in [7, 11) is 0. The van der Waals surface area contributed by atoms with Gasteiger partial charge in [-0.3, -0.25) is 4.79 Å². The molecule has 1 aliphatic rings. The summed E-state index contributed by atoms with van der Waals surface area (Å²) in [4.78, 5) is 11.3. The topological polar surface area (TPSA) is 72.5 Å². The number of nitrogens with two attached hydrogens (primary N) is 1. The number of hydrogen-bond acceptors (Lipinski definition) is 4. The first kappa shape index (κ1) is 9.48. The molecule has 0 bridgehead atoms. The lowest BCUT2D eigenvalue weighted by atomic mass is 10.00. The Kier molecular flexibility index (Phi) is 2.69. The van der Waals surface area contributed by atoms with E-state index >= 15 is 0 Å². The highest BCUT2D eigenvalue weighted by Gasteiger charge is 2.42. The van der Waals surface area contributed by atoms with E-state index in [0.29, 0.717) is 25.9 Å². The Labute approximate surface area is 71.7 Å². The van der Waals surface area contributed by atoms with Crippen LogP contribution < -0.4 is 5.73 Å². The zero-order valence-corrected chi connectivity index (χ0v) is 7.25. The van der Waals surface area contributed by atoms with Crippen molar-refractivity contribution in [2.45, 2.75) is 37.8 Å². The molecule has 0 saturated heterocycles.